The quantitative estimate of drug-likeness (QED) is 0.242. The number of piperidine rings is 1. The van der Waals surface area contributed by atoms with E-state index in [-0.39, 0.29) is 12.4 Å². The smallest absolute Gasteiger partial charge is 0.439 e. The van der Waals surface area contributed by atoms with E-state index in [0.717, 1.165) is 55.2 Å². The molecule has 0 aliphatic carbocycles. The summed E-state index contributed by atoms with van der Waals surface area (Å²) in [5, 5.41) is 4.36. The van der Waals surface area contributed by atoms with Crippen LogP contribution in [-0.2, 0) is 19.2 Å². The zero-order valence-corrected chi connectivity index (χ0v) is 22.7. The molecule has 1 fully saturated rings. The highest BCUT2D eigenvalue weighted by Crippen LogP contribution is 2.35. The van der Waals surface area contributed by atoms with Crippen LogP contribution in [-0.4, -0.2) is 46.8 Å². The Labute approximate surface area is 232 Å². The minimum atomic E-state index is -4.39. The number of alkyl halides is 3. The lowest BCUT2D eigenvalue weighted by Crippen LogP contribution is -2.30. The largest absolute Gasteiger partial charge is 0.496 e. The van der Waals surface area contributed by atoms with Gasteiger partial charge < -0.3 is 14.4 Å². The van der Waals surface area contributed by atoms with Gasteiger partial charge in [-0.1, -0.05) is 23.7 Å². The van der Waals surface area contributed by atoms with Crippen molar-refractivity contribution in [3.8, 4) is 33.5 Å². The van der Waals surface area contributed by atoms with Crippen LogP contribution in [0.2, 0.25) is 0 Å². The zero-order valence-electron chi connectivity index (χ0n) is 21.9. The molecule has 0 radical (unpaired) electrons. The number of hydrogen-bond donors (Lipinski definition) is 1. The Morgan fingerprint density at radius 3 is 2.55 bits per heavy atom. The van der Waals surface area contributed by atoms with Gasteiger partial charge in [0, 0.05) is 11.6 Å². The van der Waals surface area contributed by atoms with E-state index >= 15 is 0 Å². The Bertz CT molecular complexity index is 1470. The van der Waals surface area contributed by atoms with Crippen LogP contribution in [0.5, 0.6) is 11.5 Å². The normalized spacial score (nSPS) is 14.4. The summed E-state index contributed by atoms with van der Waals surface area (Å²) in [7, 11) is 1.50. The number of ether oxygens (including phenoxy) is 2. The van der Waals surface area contributed by atoms with Crippen LogP contribution in [0.15, 0.2) is 51.8 Å². The Morgan fingerprint density at radius 2 is 1.88 bits per heavy atom. The summed E-state index contributed by atoms with van der Waals surface area (Å²) in [6, 6.07) is 10.2. The van der Waals surface area contributed by atoms with E-state index in [1.54, 1.807) is 18.2 Å². The highest BCUT2D eigenvalue weighted by Gasteiger charge is 2.30. The second-order valence-corrected chi connectivity index (χ2v) is 10.6. The number of aromatic nitrogens is 3. The molecule has 4 aromatic rings. The van der Waals surface area contributed by atoms with Gasteiger partial charge in [0.15, 0.2) is 5.82 Å². The molecule has 0 saturated carbocycles. The Balaban J connectivity index is 1.34. The first-order valence-corrected chi connectivity index (χ1v) is 13.9. The van der Waals surface area contributed by atoms with Crippen LogP contribution in [0, 0.1) is 0 Å². The van der Waals surface area contributed by atoms with Crippen LogP contribution in [0.25, 0.3) is 22.0 Å². The third kappa shape index (κ3) is 6.73. The number of methoxy groups -OCH3 is 1. The predicted octanol–water partition coefficient (Wildman–Crippen LogP) is 6.18. The summed E-state index contributed by atoms with van der Waals surface area (Å²) in [5.74, 6) is 0.556. The summed E-state index contributed by atoms with van der Waals surface area (Å²) < 4.78 is 55.3. The van der Waals surface area contributed by atoms with Crippen LogP contribution >= 0.6 is 11.3 Å². The lowest BCUT2D eigenvalue weighted by molar-refractivity contribution is -0.137. The standard InChI is InChI=1S/C28H29F3N4O4S/c1-37-23-16-20(11-12-21(23)25-33-27(36)39-34-25)38-17-24-22(6-5-15-35-13-3-2-4-14-35)32-26(40-24)18-7-9-19(10-8-18)28(29,30)31/h7-12,16H,2-6,13-15,17H2,1H3,(H,33,34,36). The fraction of sp³-hybridized carbons (Fsp3) is 0.393. The molecule has 5 rings (SSSR count). The third-order valence-electron chi connectivity index (χ3n) is 6.81. The first-order valence-electron chi connectivity index (χ1n) is 13.1. The molecule has 0 unspecified atom stereocenters. The van der Waals surface area contributed by atoms with E-state index in [4.69, 9.17) is 14.5 Å². The van der Waals surface area contributed by atoms with E-state index in [0.29, 0.717) is 27.6 Å². The molecule has 0 atom stereocenters. The number of aromatic amines is 1. The SMILES string of the molecule is COc1cc(OCc2sc(-c3ccc(C(F)(F)F)cc3)nc2CCCN2CCCCC2)ccc1-c1noc(=O)[nH]1. The minimum absolute atomic E-state index is 0.237. The van der Waals surface area contributed by atoms with Crippen molar-refractivity contribution in [2.75, 3.05) is 26.7 Å². The maximum atomic E-state index is 13.1. The van der Waals surface area contributed by atoms with Gasteiger partial charge in [-0.25, -0.2) is 9.78 Å². The van der Waals surface area contributed by atoms with Gasteiger partial charge in [-0.15, -0.1) is 11.3 Å². The highest BCUT2D eigenvalue weighted by molar-refractivity contribution is 7.15. The molecule has 8 nitrogen and oxygen atoms in total. The molecule has 12 heteroatoms. The van der Waals surface area contributed by atoms with Gasteiger partial charge in [-0.2, -0.15) is 13.2 Å². The maximum absolute atomic E-state index is 13.1. The molecule has 1 N–H and O–H groups in total. The van der Waals surface area contributed by atoms with E-state index in [9.17, 15) is 18.0 Å². The van der Waals surface area contributed by atoms with Crippen molar-refractivity contribution in [1.82, 2.24) is 20.0 Å². The fourth-order valence-electron chi connectivity index (χ4n) is 4.72. The summed E-state index contributed by atoms with van der Waals surface area (Å²) in [4.78, 5) is 22.0. The number of halogens is 3. The number of rotatable bonds is 10. The Kier molecular flexibility index (Phi) is 8.55. The molecule has 1 saturated heterocycles. The number of nitrogens with zero attached hydrogens (tertiary/aromatic N) is 3. The number of likely N-dealkylation sites (tertiary alicyclic amines) is 1. The van der Waals surface area contributed by atoms with Gasteiger partial charge in [0.25, 0.3) is 0 Å². The number of aryl methyl sites for hydroxylation is 1. The second-order valence-electron chi connectivity index (χ2n) is 9.56. The molecule has 212 valence electrons. The van der Waals surface area contributed by atoms with Crippen molar-refractivity contribution in [2.45, 2.75) is 44.9 Å². The average molecular weight is 575 g/mol. The van der Waals surface area contributed by atoms with E-state index in [1.165, 1.54) is 49.8 Å². The van der Waals surface area contributed by atoms with E-state index < -0.39 is 17.5 Å². The molecule has 2 aromatic carbocycles. The first kappa shape index (κ1) is 27.9. The number of hydrogen-bond acceptors (Lipinski definition) is 8. The van der Waals surface area contributed by atoms with Gasteiger partial charge in [-0.3, -0.25) is 9.51 Å². The molecule has 0 bridgehead atoms. The van der Waals surface area contributed by atoms with Crippen molar-refractivity contribution in [2.24, 2.45) is 0 Å². The summed E-state index contributed by atoms with van der Waals surface area (Å²) in [6.45, 7) is 3.45. The first-order chi connectivity index (χ1) is 19.3. The van der Waals surface area contributed by atoms with Gasteiger partial charge in [0.05, 0.1) is 28.8 Å². The monoisotopic (exact) mass is 574 g/mol. The molecular formula is C28H29F3N4O4S. The summed E-state index contributed by atoms with van der Waals surface area (Å²) >= 11 is 1.42. The van der Waals surface area contributed by atoms with Crippen LogP contribution < -0.4 is 15.2 Å². The minimum Gasteiger partial charge on any atom is -0.496 e. The number of thiazole rings is 1. The van der Waals surface area contributed by atoms with Crippen molar-refractivity contribution in [3.05, 3.63) is 69.1 Å². The van der Waals surface area contributed by atoms with Gasteiger partial charge in [0.1, 0.15) is 23.1 Å². The molecule has 3 heterocycles. The van der Waals surface area contributed by atoms with Crippen LogP contribution in [0.4, 0.5) is 13.2 Å². The highest BCUT2D eigenvalue weighted by atomic mass is 32.1. The average Bonchev–Trinajstić information content (AvgIpc) is 3.58. The van der Waals surface area contributed by atoms with E-state index in [1.807, 2.05) is 0 Å². The van der Waals surface area contributed by atoms with Crippen molar-refractivity contribution < 1.29 is 27.2 Å². The summed E-state index contributed by atoms with van der Waals surface area (Å²) in [5.41, 5.74) is 1.38. The van der Waals surface area contributed by atoms with Crippen molar-refractivity contribution in [1.29, 1.82) is 0 Å². The second kappa shape index (κ2) is 12.3. The molecule has 1 aliphatic rings. The van der Waals surface area contributed by atoms with Gasteiger partial charge >= 0.3 is 11.9 Å². The Morgan fingerprint density at radius 1 is 1.10 bits per heavy atom. The lowest BCUT2D eigenvalue weighted by atomic mass is 10.1. The molecule has 0 amide bonds. The molecule has 0 spiro atoms. The summed E-state index contributed by atoms with van der Waals surface area (Å²) in [6.07, 6.45) is 1.02. The predicted molar refractivity (Wildman–Crippen MR) is 145 cm³/mol. The number of benzene rings is 2. The maximum Gasteiger partial charge on any atom is 0.439 e. The topological polar surface area (TPSA) is 93.5 Å². The molecule has 40 heavy (non-hydrogen) atoms. The lowest BCUT2D eigenvalue weighted by Gasteiger charge is -2.26. The van der Waals surface area contributed by atoms with Crippen LogP contribution in [0.1, 0.15) is 41.8 Å². The fourth-order valence-corrected chi connectivity index (χ4v) is 5.75. The Hall–Kier alpha value is -3.64. The van der Waals surface area contributed by atoms with Crippen LogP contribution in [0.3, 0.4) is 0 Å². The third-order valence-corrected chi connectivity index (χ3v) is 7.93. The zero-order chi connectivity index (χ0) is 28.1. The number of nitrogens with one attached hydrogen (secondary N) is 1. The molecule has 2 aromatic heterocycles. The van der Waals surface area contributed by atoms with Gasteiger partial charge in [0.2, 0.25) is 0 Å². The van der Waals surface area contributed by atoms with Crippen molar-refractivity contribution >= 4 is 11.3 Å². The van der Waals surface area contributed by atoms with E-state index in [2.05, 4.69) is 19.6 Å². The molecule has 1 aliphatic heterocycles. The van der Waals surface area contributed by atoms with Gasteiger partial charge in [-0.05, 0) is 69.6 Å². The van der Waals surface area contributed by atoms with Crippen molar-refractivity contribution in [3.63, 3.8) is 0 Å². The molecular weight excluding hydrogens is 545 g/mol. The number of H-pyrrole nitrogens is 1.